The molecule has 0 amide bonds. The molecule has 2 N–H and O–H groups in total. The average Bonchev–Trinajstić information content (AvgIpc) is 3.02. The minimum Gasteiger partial charge on any atom is -0.289 e. The van der Waals surface area contributed by atoms with Crippen LogP contribution in [0.3, 0.4) is 0 Å². The summed E-state index contributed by atoms with van der Waals surface area (Å²) in [4.78, 5) is 24.3. The molecular formula is C20H19N5O3S. The third kappa shape index (κ3) is 3.90. The van der Waals surface area contributed by atoms with Gasteiger partial charge in [0.1, 0.15) is 0 Å². The van der Waals surface area contributed by atoms with Crippen molar-refractivity contribution in [3.05, 3.63) is 76.8 Å². The molecule has 2 aromatic heterocycles. The van der Waals surface area contributed by atoms with Crippen LogP contribution in [-0.4, -0.2) is 34.2 Å². The predicted molar refractivity (Wildman–Crippen MR) is 112 cm³/mol. The molecule has 0 radical (unpaired) electrons. The second-order valence-corrected chi connectivity index (χ2v) is 8.52. The third-order valence-electron chi connectivity index (χ3n) is 4.56. The Bertz CT molecular complexity index is 1340. The van der Waals surface area contributed by atoms with Crippen LogP contribution >= 0.6 is 0 Å². The number of H-pyrrole nitrogens is 1. The van der Waals surface area contributed by atoms with E-state index >= 15 is 0 Å². The zero-order valence-corrected chi connectivity index (χ0v) is 16.6. The van der Waals surface area contributed by atoms with E-state index in [2.05, 4.69) is 19.7 Å². The van der Waals surface area contributed by atoms with Crippen LogP contribution < -0.4 is 10.4 Å². The van der Waals surface area contributed by atoms with Crippen LogP contribution in [0.4, 0.5) is 5.69 Å². The van der Waals surface area contributed by atoms with Crippen LogP contribution in [0, 0.1) is 0 Å². The molecule has 29 heavy (non-hydrogen) atoms. The summed E-state index contributed by atoms with van der Waals surface area (Å²) in [6, 6.07) is 16.3. The van der Waals surface area contributed by atoms with Crippen molar-refractivity contribution >= 4 is 27.0 Å². The first-order valence-corrected chi connectivity index (χ1v) is 10.8. The van der Waals surface area contributed by atoms with Crippen molar-refractivity contribution in [2.45, 2.75) is 13.0 Å². The predicted octanol–water partition coefficient (Wildman–Crippen LogP) is 2.77. The number of rotatable bonds is 5. The number of aromatic amines is 1. The molecule has 0 fully saturated rings. The number of anilines is 1. The first-order valence-electron chi connectivity index (χ1n) is 8.92. The number of benzene rings is 2. The van der Waals surface area contributed by atoms with Crippen molar-refractivity contribution in [3.8, 4) is 11.3 Å². The Morgan fingerprint density at radius 3 is 2.59 bits per heavy atom. The summed E-state index contributed by atoms with van der Waals surface area (Å²) in [5.41, 5.74) is 3.15. The van der Waals surface area contributed by atoms with Gasteiger partial charge in [0, 0.05) is 11.3 Å². The number of nitrogens with one attached hydrogen (secondary N) is 2. The van der Waals surface area contributed by atoms with Crippen LogP contribution in [0.25, 0.3) is 22.6 Å². The molecule has 148 valence electrons. The molecule has 0 aliphatic heterocycles. The van der Waals surface area contributed by atoms with E-state index in [-0.39, 0.29) is 11.7 Å². The Hall–Kier alpha value is -3.46. The molecule has 0 saturated carbocycles. The zero-order chi connectivity index (χ0) is 20.6. The third-order valence-corrected chi connectivity index (χ3v) is 5.16. The summed E-state index contributed by atoms with van der Waals surface area (Å²) in [5.74, 6) is 0. The summed E-state index contributed by atoms with van der Waals surface area (Å²) in [7, 11) is -3.39. The van der Waals surface area contributed by atoms with Gasteiger partial charge in [-0.1, -0.05) is 42.5 Å². The fraction of sp³-hybridized carbons (Fsp3) is 0.150. The fourth-order valence-electron chi connectivity index (χ4n) is 3.23. The second-order valence-electron chi connectivity index (χ2n) is 6.77. The lowest BCUT2D eigenvalue weighted by molar-refractivity contribution is 0.607. The number of sulfonamides is 1. The second kappa shape index (κ2) is 7.17. The van der Waals surface area contributed by atoms with Gasteiger partial charge in [-0.05, 0) is 24.6 Å². The molecule has 0 saturated heterocycles. The fourth-order valence-corrected chi connectivity index (χ4v) is 3.78. The van der Waals surface area contributed by atoms with Gasteiger partial charge in [0.25, 0.3) is 0 Å². The first-order chi connectivity index (χ1) is 13.8. The molecule has 9 heteroatoms. The Morgan fingerprint density at radius 1 is 1.10 bits per heavy atom. The van der Waals surface area contributed by atoms with E-state index in [0.717, 1.165) is 11.8 Å². The van der Waals surface area contributed by atoms with E-state index in [9.17, 15) is 13.2 Å². The van der Waals surface area contributed by atoms with Crippen molar-refractivity contribution in [1.29, 1.82) is 0 Å². The normalized spacial score (nSPS) is 12.8. The van der Waals surface area contributed by atoms with Gasteiger partial charge < -0.3 is 0 Å². The maximum absolute atomic E-state index is 12.6. The van der Waals surface area contributed by atoms with Crippen LogP contribution in [0.15, 0.2) is 65.6 Å². The zero-order valence-electron chi connectivity index (χ0n) is 15.8. The molecule has 2 heterocycles. The molecule has 0 aliphatic rings. The quantitative estimate of drug-likeness (QED) is 0.527. The van der Waals surface area contributed by atoms with E-state index in [1.807, 2.05) is 37.3 Å². The number of hydrogen-bond donors (Lipinski definition) is 2. The highest BCUT2D eigenvalue weighted by atomic mass is 32.2. The van der Waals surface area contributed by atoms with Gasteiger partial charge in [-0.3, -0.25) is 14.3 Å². The Balaban J connectivity index is 1.81. The number of aromatic nitrogens is 4. The molecule has 1 unspecified atom stereocenters. The molecule has 8 nitrogen and oxygen atoms in total. The molecule has 0 spiro atoms. The van der Waals surface area contributed by atoms with Gasteiger partial charge in [-0.15, -0.1) is 0 Å². The number of fused-ring (bicyclic) bond motifs is 1. The highest BCUT2D eigenvalue weighted by Gasteiger charge is 2.17. The number of hydrogen-bond acceptors (Lipinski definition) is 5. The summed E-state index contributed by atoms with van der Waals surface area (Å²) >= 11 is 0. The molecule has 4 rings (SSSR count). The van der Waals surface area contributed by atoms with Gasteiger partial charge in [-0.25, -0.2) is 23.2 Å². The maximum atomic E-state index is 12.6. The molecule has 0 bridgehead atoms. The highest BCUT2D eigenvalue weighted by molar-refractivity contribution is 7.92. The van der Waals surface area contributed by atoms with E-state index in [1.165, 1.54) is 0 Å². The van der Waals surface area contributed by atoms with Crippen LogP contribution in [0.1, 0.15) is 18.5 Å². The summed E-state index contributed by atoms with van der Waals surface area (Å²) in [6.45, 7) is 1.93. The molecule has 0 aliphatic carbocycles. The van der Waals surface area contributed by atoms with Crippen molar-refractivity contribution < 1.29 is 8.42 Å². The lowest BCUT2D eigenvalue weighted by Gasteiger charge is -2.13. The lowest BCUT2D eigenvalue weighted by Crippen LogP contribution is -2.21. The molecular weight excluding hydrogens is 390 g/mol. The van der Waals surface area contributed by atoms with Crippen LogP contribution in [-0.2, 0) is 10.0 Å². The van der Waals surface area contributed by atoms with Crippen molar-refractivity contribution in [1.82, 2.24) is 19.5 Å². The highest BCUT2D eigenvalue weighted by Crippen LogP contribution is 2.24. The smallest absolute Gasteiger partial charge is 0.289 e. The monoisotopic (exact) mass is 409 g/mol. The van der Waals surface area contributed by atoms with Gasteiger partial charge in [0.15, 0.2) is 11.3 Å². The van der Waals surface area contributed by atoms with Crippen molar-refractivity contribution in [3.63, 3.8) is 0 Å². The lowest BCUT2D eigenvalue weighted by atomic mass is 10.1. The van der Waals surface area contributed by atoms with Crippen molar-refractivity contribution in [2.24, 2.45) is 0 Å². The molecule has 4 aromatic rings. The maximum Gasteiger partial charge on any atom is 0.329 e. The van der Waals surface area contributed by atoms with E-state index in [1.54, 1.807) is 35.0 Å². The Kier molecular flexibility index (Phi) is 4.67. The van der Waals surface area contributed by atoms with Gasteiger partial charge in [0.2, 0.25) is 10.0 Å². The minimum atomic E-state index is -3.39. The average molecular weight is 409 g/mol. The summed E-state index contributed by atoms with van der Waals surface area (Å²) in [6.07, 6.45) is 2.64. The SMILES string of the molecule is CC(c1ccccc1)n1c(=O)[nH]c2ncc(-c3cccc(NS(C)(=O)=O)c3)nc21. The molecule has 1 atom stereocenters. The van der Waals surface area contributed by atoms with E-state index in [4.69, 9.17) is 0 Å². The van der Waals surface area contributed by atoms with Gasteiger partial charge >= 0.3 is 5.69 Å². The topological polar surface area (TPSA) is 110 Å². The Morgan fingerprint density at radius 2 is 1.86 bits per heavy atom. The number of nitrogens with zero attached hydrogens (tertiary/aromatic N) is 3. The van der Waals surface area contributed by atoms with Crippen LogP contribution in [0.2, 0.25) is 0 Å². The number of imidazole rings is 1. The summed E-state index contributed by atoms with van der Waals surface area (Å²) < 4.78 is 27.0. The van der Waals surface area contributed by atoms with Crippen LogP contribution in [0.5, 0.6) is 0 Å². The molecule has 2 aromatic carbocycles. The minimum absolute atomic E-state index is 0.236. The van der Waals surface area contributed by atoms with Gasteiger partial charge in [0.05, 0.1) is 24.2 Å². The Labute approximate surface area is 167 Å². The standard InChI is InChI=1S/C20H19N5O3S/c1-13(14-7-4-3-5-8-14)25-19-18(23-20(25)26)21-12-17(22-19)15-9-6-10-16(11-15)24-29(2,27)28/h3-13,24H,1-2H3,(H,21,23,26). The van der Waals surface area contributed by atoms with E-state index in [0.29, 0.717) is 28.2 Å². The van der Waals surface area contributed by atoms with Crippen molar-refractivity contribution in [2.75, 3.05) is 11.0 Å². The largest absolute Gasteiger partial charge is 0.329 e. The summed E-state index contributed by atoms with van der Waals surface area (Å²) in [5, 5.41) is 0. The van der Waals surface area contributed by atoms with E-state index < -0.39 is 10.0 Å². The van der Waals surface area contributed by atoms with Gasteiger partial charge in [-0.2, -0.15) is 0 Å². The first kappa shape index (κ1) is 18.9.